The van der Waals surface area contributed by atoms with Crippen molar-refractivity contribution in [2.45, 2.75) is 36.0 Å². The number of sulfone groups is 1. The molecule has 0 aliphatic carbocycles. The van der Waals surface area contributed by atoms with Gasteiger partial charge in [0, 0.05) is 11.4 Å². The van der Waals surface area contributed by atoms with Gasteiger partial charge in [-0.2, -0.15) is 0 Å². The molecule has 0 saturated heterocycles. The summed E-state index contributed by atoms with van der Waals surface area (Å²) in [5.41, 5.74) is 5.70. The highest BCUT2D eigenvalue weighted by molar-refractivity contribution is 7.91. The van der Waals surface area contributed by atoms with E-state index in [1.54, 1.807) is 48.5 Å². The summed E-state index contributed by atoms with van der Waals surface area (Å²) in [5.74, 6) is 0. The summed E-state index contributed by atoms with van der Waals surface area (Å²) >= 11 is 0. The zero-order valence-corrected chi connectivity index (χ0v) is 19.2. The lowest BCUT2D eigenvalue weighted by atomic mass is 10.3. The van der Waals surface area contributed by atoms with Gasteiger partial charge in [0.15, 0.2) is 16.5 Å². The Morgan fingerprint density at radius 2 is 1.00 bits per heavy atom. The summed E-state index contributed by atoms with van der Waals surface area (Å²) in [4.78, 5) is 7.44. The van der Waals surface area contributed by atoms with Gasteiger partial charge in [0.05, 0.1) is 9.79 Å². The molecule has 7 heteroatoms. The Morgan fingerprint density at radius 1 is 0.704 bits per heavy atom. The van der Waals surface area contributed by atoms with Crippen LogP contribution in [0.2, 0.25) is 26.2 Å². The van der Waals surface area contributed by atoms with E-state index in [9.17, 15) is 8.42 Å². The summed E-state index contributed by atoms with van der Waals surface area (Å²) in [6, 6.07) is 13.8. The number of benzene rings is 2. The maximum atomic E-state index is 12.9. The Bertz CT molecular complexity index is 848. The molecule has 2 N–H and O–H groups in total. The molecule has 0 spiro atoms. The van der Waals surface area contributed by atoms with Gasteiger partial charge in [-0.1, -0.05) is 11.4 Å². The molecule has 2 rings (SSSR count). The van der Waals surface area contributed by atoms with Gasteiger partial charge in [0.2, 0.25) is 9.84 Å². The van der Waals surface area contributed by atoms with Gasteiger partial charge >= 0.3 is 0 Å². The molecule has 4 nitrogen and oxygen atoms in total. The van der Waals surface area contributed by atoms with Crippen molar-refractivity contribution in [2.75, 3.05) is 9.96 Å². The van der Waals surface area contributed by atoms with Crippen LogP contribution in [0.1, 0.15) is 0 Å². The Hall–Kier alpha value is -2.10. The second kappa shape index (κ2) is 7.88. The first-order chi connectivity index (χ1) is 12.5. The third-order valence-electron chi connectivity index (χ3n) is 4.28. The van der Waals surface area contributed by atoms with Crippen LogP contribution < -0.4 is 9.96 Å². The van der Waals surface area contributed by atoms with Crippen molar-refractivity contribution in [1.82, 2.24) is 0 Å². The van der Waals surface area contributed by atoms with Crippen LogP contribution in [-0.2, 0) is 9.84 Å². The molecule has 0 atom stereocenters. The zero-order valence-electron chi connectivity index (χ0n) is 16.4. The smallest absolute Gasteiger partial charge is 0.206 e. The first kappa shape index (κ1) is 21.2. The van der Waals surface area contributed by atoms with Crippen molar-refractivity contribution < 1.29 is 8.42 Å². The van der Waals surface area contributed by atoms with Crippen LogP contribution in [0.3, 0.4) is 0 Å². The average Bonchev–Trinajstić information content (AvgIpc) is 2.62. The molecular formula is C20H28N2O2SSi2. The Labute approximate surface area is 165 Å². The minimum atomic E-state index is -3.54. The molecule has 0 radical (unpaired) electrons. The van der Waals surface area contributed by atoms with E-state index in [0.29, 0.717) is 0 Å². The van der Waals surface area contributed by atoms with Crippen LogP contribution in [0.5, 0.6) is 0 Å². The van der Waals surface area contributed by atoms with E-state index >= 15 is 0 Å². The summed E-state index contributed by atoms with van der Waals surface area (Å²) in [6.45, 7) is 16.3. The van der Waals surface area contributed by atoms with Crippen LogP contribution in [0.25, 0.3) is 0 Å². The molecule has 0 heterocycles. The van der Waals surface area contributed by atoms with Gasteiger partial charge in [-0.15, -0.1) is 13.2 Å². The van der Waals surface area contributed by atoms with E-state index < -0.39 is 26.3 Å². The molecule has 2 aromatic rings. The lowest BCUT2D eigenvalue weighted by Crippen LogP contribution is -2.34. The molecular weight excluding hydrogens is 388 g/mol. The van der Waals surface area contributed by atoms with Gasteiger partial charge in [-0.3, -0.25) is 0 Å². The molecule has 2 aromatic carbocycles. The number of anilines is 2. The van der Waals surface area contributed by atoms with E-state index in [2.05, 4.69) is 49.3 Å². The van der Waals surface area contributed by atoms with Crippen molar-refractivity contribution in [1.29, 1.82) is 0 Å². The third kappa shape index (κ3) is 5.44. The van der Waals surface area contributed by atoms with Crippen LogP contribution in [-0.4, -0.2) is 24.9 Å². The molecule has 0 aromatic heterocycles. The zero-order chi connectivity index (χ0) is 20.3. The summed E-state index contributed by atoms with van der Waals surface area (Å²) in [5, 5.41) is 0. The molecule has 0 bridgehead atoms. The van der Waals surface area contributed by atoms with Crippen molar-refractivity contribution >= 4 is 37.7 Å². The van der Waals surface area contributed by atoms with Crippen LogP contribution in [0.4, 0.5) is 11.4 Å². The Kier molecular flexibility index (Phi) is 6.19. The summed E-state index contributed by atoms with van der Waals surface area (Å²) in [6.07, 6.45) is 0. The lowest BCUT2D eigenvalue weighted by molar-refractivity contribution is 0.596. The monoisotopic (exact) mass is 416 g/mol. The fourth-order valence-corrected chi connectivity index (χ4v) is 5.70. The van der Waals surface area contributed by atoms with Gasteiger partial charge in [-0.25, -0.2) is 8.42 Å². The van der Waals surface area contributed by atoms with E-state index in [-0.39, 0.29) is 9.79 Å². The molecule has 0 saturated carbocycles. The van der Waals surface area contributed by atoms with E-state index in [1.807, 2.05) is 11.4 Å². The molecule has 27 heavy (non-hydrogen) atoms. The SMILES string of the molecule is C=C[Si](C)(C)Nc1ccc(S(=O)(=O)c2ccc(N[Si](C)(C)C=C)cc2)cc1. The third-order valence-corrected chi connectivity index (χ3v) is 9.98. The van der Waals surface area contributed by atoms with Crippen LogP contribution >= 0.6 is 0 Å². The van der Waals surface area contributed by atoms with Gasteiger partial charge in [0.25, 0.3) is 0 Å². The van der Waals surface area contributed by atoms with Crippen LogP contribution in [0.15, 0.2) is 82.9 Å². The molecule has 144 valence electrons. The van der Waals surface area contributed by atoms with E-state index in [1.165, 1.54) is 0 Å². The predicted octanol–water partition coefficient (Wildman–Crippen LogP) is 5.20. The number of nitrogens with one attached hydrogen (secondary N) is 2. The second-order valence-electron chi connectivity index (χ2n) is 7.65. The fourth-order valence-electron chi connectivity index (χ4n) is 2.42. The standard InChI is InChI=1S/C20H28N2O2SSi2/c1-7-26(3,4)21-17-9-13-19(14-10-17)25(23,24)20-15-11-18(12-16-20)22-27(5,6)8-2/h7-16,21-22H,1-2H2,3-6H3. The van der Waals surface area contributed by atoms with E-state index in [0.717, 1.165) is 11.4 Å². The summed E-state index contributed by atoms with van der Waals surface area (Å²) < 4.78 is 25.8. The molecule has 0 unspecified atom stereocenters. The normalized spacial score (nSPS) is 12.3. The lowest BCUT2D eigenvalue weighted by Gasteiger charge is -2.21. The van der Waals surface area contributed by atoms with Gasteiger partial charge < -0.3 is 9.96 Å². The largest absolute Gasteiger partial charge is 0.407 e. The van der Waals surface area contributed by atoms with Crippen LogP contribution in [0, 0.1) is 0 Å². The molecule has 0 aliphatic rings. The molecule has 0 fully saturated rings. The molecule has 0 amide bonds. The Morgan fingerprint density at radius 3 is 1.26 bits per heavy atom. The van der Waals surface area contributed by atoms with Crippen molar-refractivity contribution in [3.05, 3.63) is 73.1 Å². The summed E-state index contributed by atoms with van der Waals surface area (Å²) in [7, 11) is -6.99. The van der Waals surface area contributed by atoms with Gasteiger partial charge in [-0.05, 0) is 74.7 Å². The maximum Gasteiger partial charge on any atom is 0.206 e. The first-order valence-corrected chi connectivity index (χ1v) is 16.4. The number of rotatable bonds is 8. The maximum absolute atomic E-state index is 12.9. The average molecular weight is 417 g/mol. The first-order valence-electron chi connectivity index (χ1n) is 8.78. The van der Waals surface area contributed by atoms with Gasteiger partial charge in [0.1, 0.15) is 0 Å². The quantitative estimate of drug-likeness (QED) is 0.580. The highest BCUT2D eigenvalue weighted by Crippen LogP contribution is 2.25. The van der Waals surface area contributed by atoms with Crippen molar-refractivity contribution in [3.8, 4) is 0 Å². The number of hydrogen-bond donors (Lipinski definition) is 2. The van der Waals surface area contributed by atoms with E-state index in [4.69, 9.17) is 0 Å². The number of hydrogen-bond acceptors (Lipinski definition) is 4. The molecule has 0 aliphatic heterocycles. The van der Waals surface area contributed by atoms with Crippen molar-refractivity contribution in [2.24, 2.45) is 0 Å². The minimum Gasteiger partial charge on any atom is -0.407 e. The second-order valence-corrected chi connectivity index (χ2v) is 17.8. The fraction of sp³-hybridized carbons (Fsp3) is 0.200. The topological polar surface area (TPSA) is 58.2 Å². The Balaban J connectivity index is 2.23. The minimum absolute atomic E-state index is 0.285. The predicted molar refractivity (Wildman–Crippen MR) is 121 cm³/mol. The highest BCUT2D eigenvalue weighted by Gasteiger charge is 2.20. The van der Waals surface area contributed by atoms with Crippen molar-refractivity contribution in [3.63, 3.8) is 0 Å². The highest BCUT2D eigenvalue weighted by atomic mass is 32.2.